The van der Waals surface area contributed by atoms with Crippen molar-refractivity contribution in [3.8, 4) is 5.75 Å². The number of thioether (sulfide) groups is 1. The third kappa shape index (κ3) is 9.59. The predicted octanol–water partition coefficient (Wildman–Crippen LogP) is 7.35. The zero-order valence-corrected chi connectivity index (χ0v) is 30.1. The average Bonchev–Trinajstić information content (AvgIpc) is 3.63. The number of hydrogen-bond acceptors (Lipinski definition) is 6. The van der Waals surface area contributed by atoms with Crippen molar-refractivity contribution in [1.82, 2.24) is 10.2 Å². The lowest BCUT2D eigenvalue weighted by Crippen LogP contribution is -2.54. The first-order valence-corrected chi connectivity index (χ1v) is 19.5. The molecule has 11 heteroatoms. The van der Waals surface area contributed by atoms with Crippen LogP contribution in [0, 0.1) is 0 Å². The van der Waals surface area contributed by atoms with E-state index in [9.17, 15) is 18.0 Å². The van der Waals surface area contributed by atoms with Crippen LogP contribution in [0.2, 0.25) is 5.02 Å². The van der Waals surface area contributed by atoms with Crippen LogP contribution in [-0.2, 0) is 32.6 Å². The number of hydrogen-bond donors (Lipinski definition) is 1. The van der Waals surface area contributed by atoms with E-state index in [1.807, 2.05) is 55.6 Å². The molecular formula is C38H42ClN3O5S2. The summed E-state index contributed by atoms with van der Waals surface area (Å²) in [5, 5.41) is 3.74. The summed E-state index contributed by atoms with van der Waals surface area (Å²) in [7, 11) is -4.22. The Bertz CT molecular complexity index is 1780. The average molecular weight is 720 g/mol. The summed E-state index contributed by atoms with van der Waals surface area (Å²) in [5.41, 5.74) is 1.94. The maximum Gasteiger partial charge on any atom is 0.264 e. The lowest BCUT2D eigenvalue weighted by Gasteiger charge is -2.34. The van der Waals surface area contributed by atoms with Crippen LogP contribution in [0.25, 0.3) is 0 Å². The molecule has 4 aromatic rings. The van der Waals surface area contributed by atoms with Gasteiger partial charge in [0.25, 0.3) is 10.0 Å². The van der Waals surface area contributed by atoms with Crippen LogP contribution in [0.15, 0.2) is 113 Å². The molecule has 0 aromatic heterocycles. The molecule has 5 rings (SSSR count). The number of benzene rings is 4. The van der Waals surface area contributed by atoms with Crippen molar-refractivity contribution in [3.63, 3.8) is 0 Å². The Morgan fingerprint density at radius 2 is 1.55 bits per heavy atom. The molecule has 1 aliphatic carbocycles. The van der Waals surface area contributed by atoms with Crippen LogP contribution in [0.3, 0.4) is 0 Å². The Kier molecular flexibility index (Phi) is 12.7. The Morgan fingerprint density at radius 3 is 2.16 bits per heavy atom. The van der Waals surface area contributed by atoms with Crippen molar-refractivity contribution in [2.24, 2.45) is 0 Å². The number of nitrogens with one attached hydrogen (secondary N) is 1. The molecule has 0 saturated heterocycles. The number of ether oxygens (including phenoxy) is 1. The third-order valence-corrected chi connectivity index (χ3v) is 11.4. The van der Waals surface area contributed by atoms with E-state index < -0.39 is 28.5 Å². The number of carbonyl (C=O) groups is 2. The van der Waals surface area contributed by atoms with Crippen molar-refractivity contribution in [1.29, 1.82) is 0 Å². The summed E-state index contributed by atoms with van der Waals surface area (Å²) in [5.74, 6) is -0.202. The maximum atomic E-state index is 14.7. The number of carbonyl (C=O) groups excluding carboxylic acids is 2. The minimum absolute atomic E-state index is 0.0308. The molecule has 0 radical (unpaired) electrons. The molecule has 1 fully saturated rings. The number of amides is 2. The lowest BCUT2D eigenvalue weighted by atomic mass is 10.0. The van der Waals surface area contributed by atoms with Crippen molar-refractivity contribution >= 4 is 50.9 Å². The molecule has 0 unspecified atom stereocenters. The molecule has 1 saturated carbocycles. The first kappa shape index (κ1) is 36.3. The second-order valence-electron chi connectivity index (χ2n) is 12.0. The second-order valence-corrected chi connectivity index (χ2v) is 15.1. The van der Waals surface area contributed by atoms with Crippen molar-refractivity contribution in [2.45, 2.75) is 67.4 Å². The molecule has 49 heavy (non-hydrogen) atoms. The Hall–Kier alpha value is -3.99. The zero-order chi connectivity index (χ0) is 34.8. The van der Waals surface area contributed by atoms with Gasteiger partial charge >= 0.3 is 0 Å². The molecule has 0 spiro atoms. The molecule has 0 heterocycles. The van der Waals surface area contributed by atoms with Crippen LogP contribution in [0.4, 0.5) is 5.69 Å². The van der Waals surface area contributed by atoms with E-state index in [1.165, 1.54) is 16.7 Å². The lowest BCUT2D eigenvalue weighted by molar-refractivity contribution is -0.140. The fourth-order valence-electron chi connectivity index (χ4n) is 5.99. The molecule has 1 N–H and O–H groups in total. The number of sulfonamides is 1. The smallest absolute Gasteiger partial charge is 0.264 e. The highest BCUT2D eigenvalue weighted by Gasteiger charge is 2.35. The monoisotopic (exact) mass is 719 g/mol. The van der Waals surface area contributed by atoms with Crippen LogP contribution >= 0.6 is 23.4 Å². The molecule has 0 aliphatic heterocycles. The van der Waals surface area contributed by atoms with Gasteiger partial charge in [-0.25, -0.2) is 8.42 Å². The van der Waals surface area contributed by atoms with Gasteiger partial charge in [0.15, 0.2) is 0 Å². The Balaban J connectivity index is 1.56. The minimum atomic E-state index is -4.22. The molecule has 2 amide bonds. The molecule has 258 valence electrons. The van der Waals surface area contributed by atoms with E-state index >= 15 is 0 Å². The third-order valence-electron chi connectivity index (χ3n) is 8.60. The first-order valence-electron chi connectivity index (χ1n) is 16.5. The summed E-state index contributed by atoms with van der Waals surface area (Å²) < 4.78 is 35.4. The van der Waals surface area contributed by atoms with Gasteiger partial charge in [0.05, 0.1) is 17.2 Å². The van der Waals surface area contributed by atoms with Crippen molar-refractivity contribution < 1.29 is 22.7 Å². The van der Waals surface area contributed by atoms with Gasteiger partial charge in [0, 0.05) is 28.9 Å². The zero-order valence-electron chi connectivity index (χ0n) is 27.8. The standard InChI is InChI=1S/C38H42ClN3O5S2/c1-3-47-33-19-17-32(18-20-33)42(49(45,46)35-23-21-34(48-2)22-24-35)27-37(43)41(26-29-13-15-30(39)16-14-29)36(25-28-9-5-4-6-10-28)38(44)40-31-11-7-8-12-31/h4-6,9-10,13-24,31,36H,3,7-8,11-12,25-27H2,1-2H3,(H,40,44)/t36-/m1/s1. The van der Waals surface area contributed by atoms with Gasteiger partial charge in [0.1, 0.15) is 18.3 Å². The van der Waals surface area contributed by atoms with Crippen LogP contribution < -0.4 is 14.4 Å². The molecule has 8 nitrogen and oxygen atoms in total. The molecule has 4 aromatic carbocycles. The summed E-state index contributed by atoms with van der Waals surface area (Å²) in [4.78, 5) is 31.3. The van der Waals surface area contributed by atoms with Gasteiger partial charge in [-0.05, 0) is 97.8 Å². The Morgan fingerprint density at radius 1 is 0.898 bits per heavy atom. The van der Waals surface area contributed by atoms with Crippen molar-refractivity contribution in [2.75, 3.05) is 23.7 Å². The highest BCUT2D eigenvalue weighted by Crippen LogP contribution is 2.28. The number of halogens is 1. The van der Waals surface area contributed by atoms with Gasteiger partial charge in [-0.15, -0.1) is 11.8 Å². The van der Waals surface area contributed by atoms with Crippen LogP contribution in [0.1, 0.15) is 43.7 Å². The van der Waals surface area contributed by atoms with E-state index in [4.69, 9.17) is 16.3 Å². The highest BCUT2D eigenvalue weighted by atomic mass is 35.5. The number of rotatable bonds is 15. The van der Waals surface area contributed by atoms with Crippen LogP contribution in [-0.4, -0.2) is 56.6 Å². The van der Waals surface area contributed by atoms with E-state index in [0.717, 1.165) is 46.0 Å². The minimum Gasteiger partial charge on any atom is -0.494 e. The predicted molar refractivity (Wildman–Crippen MR) is 197 cm³/mol. The second kappa shape index (κ2) is 17.1. The normalized spacial score (nSPS) is 13.9. The molecular weight excluding hydrogens is 678 g/mol. The largest absolute Gasteiger partial charge is 0.494 e. The van der Waals surface area contributed by atoms with Gasteiger partial charge in [-0.3, -0.25) is 13.9 Å². The fraction of sp³-hybridized carbons (Fsp3) is 0.316. The summed E-state index contributed by atoms with van der Waals surface area (Å²) in [6.45, 7) is 1.86. The highest BCUT2D eigenvalue weighted by molar-refractivity contribution is 7.98. The topological polar surface area (TPSA) is 96.0 Å². The van der Waals surface area contributed by atoms with Gasteiger partial charge < -0.3 is 15.0 Å². The summed E-state index contributed by atoms with van der Waals surface area (Å²) >= 11 is 7.70. The fourth-order valence-corrected chi connectivity index (χ4v) is 7.94. The van der Waals surface area contributed by atoms with E-state index in [-0.39, 0.29) is 29.8 Å². The number of anilines is 1. The quantitative estimate of drug-likeness (QED) is 0.129. The molecule has 1 aliphatic rings. The van der Waals surface area contributed by atoms with Crippen molar-refractivity contribution in [3.05, 3.63) is 119 Å². The van der Waals surface area contributed by atoms with Gasteiger partial charge in [-0.2, -0.15) is 0 Å². The maximum absolute atomic E-state index is 14.7. The van der Waals surface area contributed by atoms with Gasteiger partial charge in [0.2, 0.25) is 11.8 Å². The van der Waals surface area contributed by atoms with E-state index in [1.54, 1.807) is 60.7 Å². The molecule has 1 atom stereocenters. The van der Waals surface area contributed by atoms with Gasteiger partial charge in [-0.1, -0.05) is 66.9 Å². The summed E-state index contributed by atoms with van der Waals surface area (Å²) in [6, 6.07) is 29.0. The van der Waals surface area contributed by atoms with Crippen LogP contribution in [0.5, 0.6) is 5.75 Å². The van der Waals surface area contributed by atoms with E-state index in [2.05, 4.69) is 5.32 Å². The first-order chi connectivity index (χ1) is 23.7. The summed E-state index contributed by atoms with van der Waals surface area (Å²) in [6.07, 6.45) is 6.01. The Labute approximate surface area is 298 Å². The molecule has 0 bridgehead atoms. The SMILES string of the molecule is CCOc1ccc(N(CC(=O)N(Cc2ccc(Cl)cc2)[C@H](Cc2ccccc2)C(=O)NC2CCCC2)S(=O)(=O)c2ccc(SC)cc2)cc1. The van der Waals surface area contributed by atoms with E-state index in [0.29, 0.717) is 23.1 Å². The number of nitrogens with zero attached hydrogens (tertiary/aromatic N) is 2.